The molecule has 0 spiro atoms. The van der Waals surface area contributed by atoms with Gasteiger partial charge in [0.1, 0.15) is 18.1 Å². The summed E-state index contributed by atoms with van der Waals surface area (Å²) in [5, 5.41) is 1.06. The second-order valence-corrected chi connectivity index (χ2v) is 8.24. The zero-order valence-corrected chi connectivity index (χ0v) is 19.6. The molecule has 4 aromatic rings. The molecule has 4 aromatic carbocycles. The highest BCUT2D eigenvalue weighted by molar-refractivity contribution is 6.32. The van der Waals surface area contributed by atoms with Crippen molar-refractivity contribution in [3.63, 3.8) is 0 Å². The maximum Gasteiger partial charge on any atom is 0.119 e. The molecule has 0 aliphatic rings. The molecule has 0 atom stereocenters. The minimum absolute atomic E-state index is 0.556. The standard InChI is InChI=1S/C30H25O2Si/c1-31-28-16-10-25(11-17-28)8-6-23-2-4-24(5-3-23)7-9-26-12-18-29(19-13-26)32-22-27-14-20-30(33)21-15-27/h2-21H,22H2,1H3/b8-6+,9-7+. The van der Waals surface area contributed by atoms with E-state index in [1.807, 2.05) is 48.5 Å². The highest BCUT2D eigenvalue weighted by Crippen LogP contribution is 2.17. The van der Waals surface area contributed by atoms with Gasteiger partial charge < -0.3 is 9.47 Å². The molecule has 0 aromatic heterocycles. The van der Waals surface area contributed by atoms with Crippen LogP contribution in [-0.4, -0.2) is 17.4 Å². The second-order valence-electron chi connectivity index (χ2n) is 7.66. The molecule has 0 saturated carbocycles. The van der Waals surface area contributed by atoms with Gasteiger partial charge >= 0.3 is 0 Å². The molecule has 0 heterocycles. The molecule has 161 valence electrons. The Balaban J connectivity index is 1.30. The molecular weight excluding hydrogens is 420 g/mol. The van der Waals surface area contributed by atoms with Crippen molar-refractivity contribution in [3.05, 3.63) is 125 Å². The molecule has 0 unspecified atom stereocenters. The van der Waals surface area contributed by atoms with Crippen LogP contribution >= 0.6 is 0 Å². The number of hydrogen-bond acceptors (Lipinski definition) is 2. The minimum Gasteiger partial charge on any atom is -0.497 e. The SMILES string of the molecule is COc1ccc(/C=C/c2ccc(/C=C/c3ccc(OCc4ccc([Si])cc4)cc3)cc2)cc1. The zero-order valence-electron chi connectivity index (χ0n) is 18.6. The summed E-state index contributed by atoms with van der Waals surface area (Å²) in [6.07, 6.45) is 8.45. The summed E-state index contributed by atoms with van der Waals surface area (Å²) in [6.45, 7) is 0.556. The number of ether oxygens (including phenoxy) is 2. The number of methoxy groups -OCH3 is 1. The van der Waals surface area contributed by atoms with Gasteiger partial charge in [-0.3, -0.25) is 0 Å². The van der Waals surface area contributed by atoms with Crippen LogP contribution in [0.1, 0.15) is 27.8 Å². The average molecular weight is 446 g/mol. The van der Waals surface area contributed by atoms with Gasteiger partial charge in [-0.05, 0) is 52.1 Å². The summed E-state index contributed by atoms with van der Waals surface area (Å²) in [6, 6.07) is 32.8. The van der Waals surface area contributed by atoms with Crippen molar-refractivity contribution in [1.29, 1.82) is 0 Å². The normalized spacial score (nSPS) is 11.2. The third-order valence-corrected chi connectivity index (χ3v) is 5.56. The van der Waals surface area contributed by atoms with Gasteiger partial charge in [0.15, 0.2) is 0 Å². The summed E-state index contributed by atoms with van der Waals surface area (Å²) in [5.41, 5.74) is 5.74. The van der Waals surface area contributed by atoms with E-state index in [1.165, 1.54) is 0 Å². The van der Waals surface area contributed by atoms with Crippen LogP contribution in [-0.2, 0) is 6.61 Å². The molecule has 4 rings (SSSR count). The van der Waals surface area contributed by atoms with Crippen LogP contribution in [0.4, 0.5) is 0 Å². The van der Waals surface area contributed by atoms with E-state index >= 15 is 0 Å². The number of hydrogen-bond donors (Lipinski definition) is 0. The highest BCUT2D eigenvalue weighted by atomic mass is 28.1. The van der Waals surface area contributed by atoms with E-state index in [2.05, 4.69) is 83.1 Å². The van der Waals surface area contributed by atoms with Crippen molar-refractivity contribution >= 4 is 39.7 Å². The maximum atomic E-state index is 5.88. The minimum atomic E-state index is 0.556. The average Bonchev–Trinajstić information content (AvgIpc) is 2.87. The van der Waals surface area contributed by atoms with E-state index in [9.17, 15) is 0 Å². The van der Waals surface area contributed by atoms with E-state index in [1.54, 1.807) is 7.11 Å². The number of benzene rings is 4. The fraction of sp³-hybridized carbons (Fsp3) is 0.0667. The van der Waals surface area contributed by atoms with Crippen LogP contribution in [0, 0.1) is 0 Å². The van der Waals surface area contributed by atoms with Gasteiger partial charge in [0.25, 0.3) is 0 Å². The monoisotopic (exact) mass is 445 g/mol. The zero-order chi connectivity index (χ0) is 22.9. The van der Waals surface area contributed by atoms with Gasteiger partial charge in [0.05, 0.1) is 17.4 Å². The molecule has 3 heteroatoms. The Morgan fingerprint density at radius 3 is 1.36 bits per heavy atom. The first-order valence-electron chi connectivity index (χ1n) is 10.8. The Morgan fingerprint density at radius 2 is 0.939 bits per heavy atom. The van der Waals surface area contributed by atoms with Crippen molar-refractivity contribution in [2.24, 2.45) is 0 Å². The first kappa shape index (κ1) is 22.4. The van der Waals surface area contributed by atoms with Gasteiger partial charge in [0.2, 0.25) is 0 Å². The third-order valence-electron chi connectivity index (χ3n) is 5.23. The van der Waals surface area contributed by atoms with Crippen LogP contribution in [0.25, 0.3) is 24.3 Å². The second kappa shape index (κ2) is 11.2. The van der Waals surface area contributed by atoms with Crippen molar-refractivity contribution in [2.75, 3.05) is 7.11 Å². The topological polar surface area (TPSA) is 18.5 Å². The van der Waals surface area contributed by atoms with Crippen LogP contribution in [0.3, 0.4) is 0 Å². The van der Waals surface area contributed by atoms with Crippen LogP contribution in [0.15, 0.2) is 97.1 Å². The van der Waals surface area contributed by atoms with Crippen LogP contribution < -0.4 is 14.7 Å². The molecule has 0 aliphatic carbocycles. The lowest BCUT2D eigenvalue weighted by Gasteiger charge is -2.07. The van der Waals surface area contributed by atoms with E-state index in [4.69, 9.17) is 9.47 Å². The number of rotatable bonds is 8. The van der Waals surface area contributed by atoms with Crippen molar-refractivity contribution < 1.29 is 9.47 Å². The molecule has 0 aliphatic heterocycles. The Hall–Kier alpha value is -3.82. The lowest BCUT2D eigenvalue weighted by molar-refractivity contribution is 0.306. The van der Waals surface area contributed by atoms with Crippen molar-refractivity contribution in [3.8, 4) is 11.5 Å². The van der Waals surface area contributed by atoms with Crippen LogP contribution in [0.5, 0.6) is 11.5 Å². The van der Waals surface area contributed by atoms with Crippen molar-refractivity contribution in [2.45, 2.75) is 6.61 Å². The Morgan fingerprint density at radius 1 is 0.545 bits per heavy atom. The largest absolute Gasteiger partial charge is 0.497 e. The molecule has 2 nitrogen and oxygen atoms in total. The van der Waals surface area contributed by atoms with E-state index < -0.39 is 0 Å². The molecule has 0 fully saturated rings. The molecule has 3 radical (unpaired) electrons. The quantitative estimate of drug-likeness (QED) is 0.230. The summed E-state index contributed by atoms with van der Waals surface area (Å²) < 4.78 is 11.1. The molecule has 0 amide bonds. The fourth-order valence-electron chi connectivity index (χ4n) is 3.26. The van der Waals surface area contributed by atoms with Crippen LogP contribution in [0.2, 0.25) is 0 Å². The lowest BCUT2D eigenvalue weighted by atomic mass is 10.1. The van der Waals surface area contributed by atoms with E-state index in [0.29, 0.717) is 6.61 Å². The Bertz CT molecular complexity index is 1200. The van der Waals surface area contributed by atoms with Gasteiger partial charge in [-0.1, -0.05) is 102 Å². The smallest absolute Gasteiger partial charge is 0.119 e. The first-order chi connectivity index (χ1) is 16.2. The lowest BCUT2D eigenvalue weighted by Crippen LogP contribution is -2.02. The molecule has 0 N–H and O–H groups in total. The predicted molar refractivity (Wildman–Crippen MR) is 140 cm³/mol. The Kier molecular flexibility index (Phi) is 7.57. The van der Waals surface area contributed by atoms with Crippen molar-refractivity contribution in [1.82, 2.24) is 0 Å². The Labute approximate surface area is 199 Å². The molecule has 0 saturated heterocycles. The highest BCUT2D eigenvalue weighted by Gasteiger charge is 1.97. The van der Waals surface area contributed by atoms with E-state index in [0.717, 1.165) is 44.5 Å². The van der Waals surface area contributed by atoms with Gasteiger partial charge in [-0.15, -0.1) is 0 Å². The summed E-state index contributed by atoms with van der Waals surface area (Å²) >= 11 is 0. The third kappa shape index (κ3) is 6.83. The fourth-order valence-corrected chi connectivity index (χ4v) is 3.43. The first-order valence-corrected chi connectivity index (χ1v) is 11.3. The maximum absolute atomic E-state index is 5.88. The van der Waals surface area contributed by atoms with Gasteiger partial charge in [0, 0.05) is 0 Å². The van der Waals surface area contributed by atoms with E-state index in [-0.39, 0.29) is 0 Å². The summed E-state index contributed by atoms with van der Waals surface area (Å²) in [4.78, 5) is 0. The van der Waals surface area contributed by atoms with Gasteiger partial charge in [-0.2, -0.15) is 0 Å². The molecular formula is C30H25O2Si. The summed E-state index contributed by atoms with van der Waals surface area (Å²) in [7, 11) is 5.18. The predicted octanol–water partition coefficient (Wildman–Crippen LogP) is 6.41. The summed E-state index contributed by atoms with van der Waals surface area (Å²) in [5.74, 6) is 1.73. The van der Waals surface area contributed by atoms with Gasteiger partial charge in [-0.25, -0.2) is 0 Å². The molecule has 0 bridgehead atoms. The molecule has 33 heavy (non-hydrogen) atoms.